The summed E-state index contributed by atoms with van der Waals surface area (Å²) in [6.07, 6.45) is 7.09. The number of hydrogen-bond acceptors (Lipinski definition) is 3. The predicted octanol–water partition coefficient (Wildman–Crippen LogP) is 0.895. The molecule has 2 aliphatic heterocycles. The van der Waals surface area contributed by atoms with Gasteiger partial charge in [-0.25, -0.2) is 4.98 Å². The van der Waals surface area contributed by atoms with Gasteiger partial charge in [0.15, 0.2) is 5.82 Å². The zero-order valence-corrected chi connectivity index (χ0v) is 12.5. The molecule has 2 saturated heterocycles. The lowest BCUT2D eigenvalue weighted by molar-refractivity contribution is -0.128. The maximum atomic E-state index is 12.4. The zero-order valence-electron chi connectivity index (χ0n) is 12.5. The van der Waals surface area contributed by atoms with Gasteiger partial charge in [-0.05, 0) is 25.2 Å². The lowest BCUT2D eigenvalue weighted by Crippen LogP contribution is -2.42. The van der Waals surface area contributed by atoms with E-state index in [2.05, 4.69) is 4.98 Å². The molecular formula is C15H22N4O2. The molecule has 2 aliphatic rings. The van der Waals surface area contributed by atoms with Crippen LogP contribution >= 0.6 is 0 Å². The van der Waals surface area contributed by atoms with Crippen LogP contribution in [0.5, 0.6) is 0 Å². The lowest BCUT2D eigenvalue weighted by Gasteiger charge is -2.33. The summed E-state index contributed by atoms with van der Waals surface area (Å²) in [6, 6.07) is 0. The Bertz CT molecular complexity index is 532. The van der Waals surface area contributed by atoms with Gasteiger partial charge in [-0.15, -0.1) is 0 Å². The standard InChI is InChI=1S/C15H22N4O2/c1-17-10-6-16-14(17)15(21)18-8-4-12(5-9-18)11-19-7-2-3-13(19)20/h6,10,12H,2-5,7-9,11H2,1H3. The maximum Gasteiger partial charge on any atom is 0.289 e. The van der Waals surface area contributed by atoms with Crippen LogP contribution in [0, 0.1) is 5.92 Å². The van der Waals surface area contributed by atoms with Crippen molar-refractivity contribution in [3.05, 3.63) is 18.2 Å². The summed E-state index contributed by atoms with van der Waals surface area (Å²) in [5, 5.41) is 0. The third-order valence-corrected chi connectivity index (χ3v) is 4.56. The Hall–Kier alpha value is -1.85. The molecule has 0 aliphatic carbocycles. The van der Waals surface area contributed by atoms with Crippen molar-refractivity contribution in [3.63, 3.8) is 0 Å². The molecule has 6 heteroatoms. The SMILES string of the molecule is Cn1ccnc1C(=O)N1CCC(CN2CCCC2=O)CC1. The number of rotatable bonds is 3. The Morgan fingerprint density at radius 1 is 1.33 bits per heavy atom. The number of aromatic nitrogens is 2. The summed E-state index contributed by atoms with van der Waals surface area (Å²) in [5.74, 6) is 1.33. The quantitative estimate of drug-likeness (QED) is 0.831. The molecule has 114 valence electrons. The van der Waals surface area contributed by atoms with Crippen LogP contribution in [-0.4, -0.2) is 57.3 Å². The number of piperidine rings is 1. The third kappa shape index (κ3) is 2.94. The molecule has 3 rings (SSSR count). The predicted molar refractivity (Wildman–Crippen MR) is 77.6 cm³/mol. The normalized spacial score (nSPS) is 20.3. The fourth-order valence-corrected chi connectivity index (χ4v) is 3.24. The number of carbonyl (C=O) groups is 2. The second-order valence-corrected chi connectivity index (χ2v) is 6.04. The molecule has 6 nitrogen and oxygen atoms in total. The highest BCUT2D eigenvalue weighted by atomic mass is 16.2. The average Bonchev–Trinajstić information content (AvgIpc) is 3.08. The van der Waals surface area contributed by atoms with E-state index in [1.165, 1.54) is 0 Å². The third-order valence-electron chi connectivity index (χ3n) is 4.56. The van der Waals surface area contributed by atoms with Crippen molar-refractivity contribution in [1.82, 2.24) is 19.4 Å². The number of imidazole rings is 1. The first-order chi connectivity index (χ1) is 10.1. The number of hydrogen-bond donors (Lipinski definition) is 0. The molecule has 2 amide bonds. The van der Waals surface area contributed by atoms with Crippen LogP contribution in [-0.2, 0) is 11.8 Å². The fourth-order valence-electron chi connectivity index (χ4n) is 3.24. The van der Waals surface area contributed by atoms with Gasteiger partial charge in [-0.1, -0.05) is 0 Å². The Labute approximate surface area is 124 Å². The van der Waals surface area contributed by atoms with Crippen LogP contribution in [0.4, 0.5) is 0 Å². The van der Waals surface area contributed by atoms with Gasteiger partial charge in [-0.3, -0.25) is 9.59 Å². The van der Waals surface area contributed by atoms with E-state index < -0.39 is 0 Å². The first-order valence-electron chi connectivity index (χ1n) is 7.69. The maximum absolute atomic E-state index is 12.4. The second kappa shape index (κ2) is 5.87. The van der Waals surface area contributed by atoms with Gasteiger partial charge in [0, 0.05) is 52.0 Å². The largest absolute Gasteiger partial charge is 0.342 e. The van der Waals surface area contributed by atoms with Crippen molar-refractivity contribution in [2.75, 3.05) is 26.2 Å². The van der Waals surface area contributed by atoms with Gasteiger partial charge in [0.2, 0.25) is 5.91 Å². The first kappa shape index (κ1) is 14.1. The highest BCUT2D eigenvalue weighted by molar-refractivity contribution is 5.90. The van der Waals surface area contributed by atoms with Crippen molar-refractivity contribution in [2.45, 2.75) is 25.7 Å². The van der Waals surface area contributed by atoms with E-state index >= 15 is 0 Å². The average molecular weight is 290 g/mol. The summed E-state index contributed by atoms with van der Waals surface area (Å²) in [4.78, 5) is 32.0. The monoisotopic (exact) mass is 290 g/mol. The molecule has 3 heterocycles. The Balaban J connectivity index is 1.52. The van der Waals surface area contributed by atoms with E-state index in [9.17, 15) is 9.59 Å². The van der Waals surface area contributed by atoms with Crippen LogP contribution in [0.1, 0.15) is 36.3 Å². The topological polar surface area (TPSA) is 58.4 Å². The molecule has 0 aromatic carbocycles. The van der Waals surface area contributed by atoms with Crippen LogP contribution in [0.25, 0.3) is 0 Å². The summed E-state index contributed by atoms with van der Waals surface area (Å²) < 4.78 is 1.76. The Morgan fingerprint density at radius 3 is 2.67 bits per heavy atom. The summed E-state index contributed by atoms with van der Waals surface area (Å²) in [7, 11) is 1.84. The molecule has 0 bridgehead atoms. The van der Waals surface area contributed by atoms with E-state index in [1.54, 1.807) is 17.0 Å². The fraction of sp³-hybridized carbons (Fsp3) is 0.667. The number of nitrogens with zero attached hydrogens (tertiary/aromatic N) is 4. The smallest absolute Gasteiger partial charge is 0.289 e. The molecule has 0 atom stereocenters. The summed E-state index contributed by atoms with van der Waals surface area (Å²) in [6.45, 7) is 3.30. The van der Waals surface area contributed by atoms with Crippen molar-refractivity contribution < 1.29 is 9.59 Å². The van der Waals surface area contributed by atoms with Crippen molar-refractivity contribution in [3.8, 4) is 0 Å². The molecular weight excluding hydrogens is 268 g/mol. The van der Waals surface area contributed by atoms with Crippen LogP contribution in [0.15, 0.2) is 12.4 Å². The lowest BCUT2D eigenvalue weighted by atomic mass is 9.96. The second-order valence-electron chi connectivity index (χ2n) is 6.04. The number of carbonyl (C=O) groups excluding carboxylic acids is 2. The number of aryl methyl sites for hydroxylation is 1. The first-order valence-corrected chi connectivity index (χ1v) is 7.69. The molecule has 0 saturated carbocycles. The van der Waals surface area contributed by atoms with Gasteiger partial charge in [-0.2, -0.15) is 0 Å². The van der Waals surface area contributed by atoms with Gasteiger partial charge in [0.25, 0.3) is 5.91 Å². The highest BCUT2D eigenvalue weighted by Crippen LogP contribution is 2.22. The Kier molecular flexibility index (Phi) is 3.94. The summed E-state index contributed by atoms with van der Waals surface area (Å²) >= 11 is 0. The molecule has 2 fully saturated rings. The number of likely N-dealkylation sites (tertiary alicyclic amines) is 2. The summed E-state index contributed by atoms with van der Waals surface area (Å²) in [5.41, 5.74) is 0. The van der Waals surface area contributed by atoms with Gasteiger partial charge in [0.05, 0.1) is 0 Å². The molecule has 21 heavy (non-hydrogen) atoms. The van der Waals surface area contributed by atoms with Crippen molar-refractivity contribution in [1.29, 1.82) is 0 Å². The van der Waals surface area contributed by atoms with E-state index in [4.69, 9.17) is 0 Å². The minimum Gasteiger partial charge on any atom is -0.342 e. The van der Waals surface area contributed by atoms with Crippen LogP contribution < -0.4 is 0 Å². The minimum absolute atomic E-state index is 0.0122. The van der Waals surface area contributed by atoms with Crippen LogP contribution in [0.2, 0.25) is 0 Å². The van der Waals surface area contributed by atoms with Crippen molar-refractivity contribution >= 4 is 11.8 Å². The molecule has 0 unspecified atom stereocenters. The van der Waals surface area contributed by atoms with Crippen molar-refractivity contribution in [2.24, 2.45) is 13.0 Å². The van der Waals surface area contributed by atoms with E-state index in [0.29, 0.717) is 24.1 Å². The van der Waals surface area contributed by atoms with E-state index in [1.807, 2.05) is 16.8 Å². The Morgan fingerprint density at radius 2 is 2.10 bits per heavy atom. The highest BCUT2D eigenvalue weighted by Gasteiger charge is 2.29. The number of amides is 2. The van der Waals surface area contributed by atoms with Gasteiger partial charge in [0.1, 0.15) is 0 Å². The molecule has 1 aromatic rings. The molecule has 0 radical (unpaired) electrons. The molecule has 1 aromatic heterocycles. The molecule has 0 N–H and O–H groups in total. The minimum atomic E-state index is 0.0122. The molecule has 0 spiro atoms. The zero-order chi connectivity index (χ0) is 14.8. The van der Waals surface area contributed by atoms with E-state index in [0.717, 1.165) is 45.4 Å². The van der Waals surface area contributed by atoms with E-state index in [-0.39, 0.29) is 5.91 Å². The van der Waals surface area contributed by atoms with Crippen LogP contribution in [0.3, 0.4) is 0 Å². The van der Waals surface area contributed by atoms with Gasteiger partial charge >= 0.3 is 0 Å². The van der Waals surface area contributed by atoms with Gasteiger partial charge < -0.3 is 14.4 Å².